The van der Waals surface area contributed by atoms with Crippen molar-refractivity contribution < 1.29 is 5.11 Å². The lowest BCUT2D eigenvalue weighted by Gasteiger charge is -2.19. The summed E-state index contributed by atoms with van der Waals surface area (Å²) in [4.78, 5) is 12.0. The first-order valence-electron chi connectivity index (χ1n) is 6.32. The Labute approximate surface area is 116 Å². The van der Waals surface area contributed by atoms with Gasteiger partial charge in [0.05, 0.1) is 18.5 Å². The highest BCUT2D eigenvalue weighted by molar-refractivity contribution is 7.16. The first kappa shape index (κ1) is 14.1. The number of nitrogens with zero attached hydrogens (tertiary/aromatic N) is 3. The molecule has 0 saturated heterocycles. The zero-order valence-corrected chi connectivity index (χ0v) is 11.8. The molecule has 0 aliphatic carbocycles. The molecule has 0 aromatic carbocycles. The molecule has 0 aliphatic rings. The van der Waals surface area contributed by atoms with Gasteiger partial charge in [-0.05, 0) is 24.4 Å². The van der Waals surface area contributed by atoms with Gasteiger partial charge < -0.3 is 10.5 Å². The van der Waals surface area contributed by atoms with E-state index in [4.69, 9.17) is 10.9 Å². The van der Waals surface area contributed by atoms with Gasteiger partial charge in [-0.3, -0.25) is 4.90 Å². The molecule has 0 aliphatic heterocycles. The number of thiophene rings is 1. The number of aliphatic hydroxyl groups is 1. The number of rotatable bonds is 7. The summed E-state index contributed by atoms with van der Waals surface area (Å²) >= 11 is 1.57. The predicted octanol–water partition coefficient (Wildman–Crippen LogP) is 1.18. The molecule has 6 nitrogen and oxygen atoms in total. The first-order chi connectivity index (χ1) is 9.28. The second kappa shape index (κ2) is 6.76. The third-order valence-electron chi connectivity index (χ3n) is 2.83. The predicted molar refractivity (Wildman–Crippen MR) is 77.9 cm³/mol. The van der Waals surface area contributed by atoms with E-state index in [0.29, 0.717) is 18.9 Å². The average Bonchev–Trinajstić information content (AvgIpc) is 2.86. The SMILES string of the molecule is CCCN(CCO)Cc1nc(NN)c2ccsc2n1. The fourth-order valence-electron chi connectivity index (χ4n) is 2.01. The van der Waals surface area contributed by atoms with Crippen molar-refractivity contribution in [2.75, 3.05) is 25.1 Å². The van der Waals surface area contributed by atoms with Crippen LogP contribution in [0.15, 0.2) is 11.4 Å². The molecule has 0 amide bonds. The summed E-state index contributed by atoms with van der Waals surface area (Å²) in [7, 11) is 0. The van der Waals surface area contributed by atoms with Gasteiger partial charge in [0.15, 0.2) is 5.82 Å². The minimum absolute atomic E-state index is 0.142. The quantitative estimate of drug-likeness (QED) is 0.522. The zero-order valence-electron chi connectivity index (χ0n) is 11.0. The summed E-state index contributed by atoms with van der Waals surface area (Å²) in [6.45, 7) is 4.42. The monoisotopic (exact) mass is 281 g/mol. The lowest BCUT2D eigenvalue weighted by molar-refractivity contribution is 0.187. The summed E-state index contributed by atoms with van der Waals surface area (Å²) < 4.78 is 0. The summed E-state index contributed by atoms with van der Waals surface area (Å²) in [5.41, 5.74) is 2.62. The van der Waals surface area contributed by atoms with Crippen molar-refractivity contribution in [3.8, 4) is 0 Å². The maximum Gasteiger partial charge on any atom is 0.152 e. The van der Waals surface area contributed by atoms with Crippen LogP contribution in [0.1, 0.15) is 19.2 Å². The van der Waals surface area contributed by atoms with E-state index < -0.39 is 0 Å². The molecule has 0 atom stereocenters. The van der Waals surface area contributed by atoms with Gasteiger partial charge in [0.1, 0.15) is 10.7 Å². The number of nitrogens with two attached hydrogens (primary N) is 1. The Morgan fingerprint density at radius 1 is 1.42 bits per heavy atom. The molecule has 0 spiro atoms. The maximum atomic E-state index is 9.07. The smallest absolute Gasteiger partial charge is 0.152 e. The normalized spacial score (nSPS) is 11.4. The zero-order chi connectivity index (χ0) is 13.7. The van der Waals surface area contributed by atoms with Crippen LogP contribution in [-0.2, 0) is 6.54 Å². The maximum absolute atomic E-state index is 9.07. The lowest BCUT2D eigenvalue weighted by Crippen LogP contribution is -2.28. The highest BCUT2D eigenvalue weighted by atomic mass is 32.1. The number of aromatic nitrogens is 2. The number of hydrogen-bond donors (Lipinski definition) is 3. The van der Waals surface area contributed by atoms with Crippen molar-refractivity contribution in [3.05, 3.63) is 17.3 Å². The number of aliphatic hydroxyl groups excluding tert-OH is 1. The minimum Gasteiger partial charge on any atom is -0.395 e. The molecule has 2 aromatic rings. The van der Waals surface area contributed by atoms with Gasteiger partial charge in [0, 0.05) is 6.54 Å². The molecular weight excluding hydrogens is 262 g/mol. The van der Waals surface area contributed by atoms with Gasteiger partial charge in [-0.25, -0.2) is 15.8 Å². The number of hydrazine groups is 1. The largest absolute Gasteiger partial charge is 0.395 e. The highest BCUT2D eigenvalue weighted by Crippen LogP contribution is 2.24. The molecule has 4 N–H and O–H groups in total. The Kier molecular flexibility index (Phi) is 5.03. The number of nitrogens with one attached hydrogen (secondary N) is 1. The van der Waals surface area contributed by atoms with Crippen LogP contribution in [0.3, 0.4) is 0 Å². The van der Waals surface area contributed by atoms with Crippen molar-refractivity contribution in [1.29, 1.82) is 0 Å². The molecule has 0 saturated carbocycles. The fourth-order valence-corrected chi connectivity index (χ4v) is 2.79. The van der Waals surface area contributed by atoms with E-state index in [1.54, 1.807) is 11.3 Å². The van der Waals surface area contributed by atoms with Crippen LogP contribution in [0.2, 0.25) is 0 Å². The van der Waals surface area contributed by atoms with Crippen LogP contribution >= 0.6 is 11.3 Å². The lowest BCUT2D eigenvalue weighted by atomic mass is 10.3. The van der Waals surface area contributed by atoms with Crippen LogP contribution < -0.4 is 11.3 Å². The second-order valence-corrected chi connectivity index (χ2v) is 5.17. The van der Waals surface area contributed by atoms with E-state index in [2.05, 4.69) is 27.2 Å². The van der Waals surface area contributed by atoms with E-state index in [9.17, 15) is 0 Å². The van der Waals surface area contributed by atoms with E-state index >= 15 is 0 Å². The van der Waals surface area contributed by atoms with Crippen molar-refractivity contribution in [2.24, 2.45) is 5.84 Å². The molecule has 2 rings (SSSR count). The Morgan fingerprint density at radius 2 is 2.26 bits per heavy atom. The molecule has 0 bridgehead atoms. The number of hydrogen-bond acceptors (Lipinski definition) is 7. The molecule has 2 heterocycles. The van der Waals surface area contributed by atoms with E-state index in [1.807, 2.05) is 11.4 Å². The second-order valence-electron chi connectivity index (χ2n) is 4.27. The van der Waals surface area contributed by atoms with Crippen LogP contribution in [-0.4, -0.2) is 39.7 Å². The van der Waals surface area contributed by atoms with Gasteiger partial charge >= 0.3 is 0 Å². The topological polar surface area (TPSA) is 87.3 Å². The van der Waals surface area contributed by atoms with Crippen LogP contribution in [0.4, 0.5) is 5.82 Å². The number of fused-ring (bicyclic) bond motifs is 1. The van der Waals surface area contributed by atoms with Crippen molar-refractivity contribution in [3.63, 3.8) is 0 Å². The highest BCUT2D eigenvalue weighted by Gasteiger charge is 2.11. The van der Waals surface area contributed by atoms with Crippen LogP contribution in [0.5, 0.6) is 0 Å². The van der Waals surface area contributed by atoms with Crippen LogP contribution in [0.25, 0.3) is 10.2 Å². The van der Waals surface area contributed by atoms with Crippen molar-refractivity contribution in [2.45, 2.75) is 19.9 Å². The van der Waals surface area contributed by atoms with Gasteiger partial charge in [-0.1, -0.05) is 6.92 Å². The summed E-state index contributed by atoms with van der Waals surface area (Å²) in [5, 5.41) is 12.0. The molecule has 0 fully saturated rings. The van der Waals surface area contributed by atoms with Gasteiger partial charge in [0.2, 0.25) is 0 Å². The molecule has 104 valence electrons. The van der Waals surface area contributed by atoms with Gasteiger partial charge in [-0.2, -0.15) is 0 Å². The molecular formula is C12H19N5OS. The molecule has 0 radical (unpaired) electrons. The summed E-state index contributed by atoms with van der Waals surface area (Å²) in [6.07, 6.45) is 1.03. The Balaban J connectivity index is 2.23. The van der Waals surface area contributed by atoms with Gasteiger partial charge in [-0.15, -0.1) is 11.3 Å². The third-order valence-corrected chi connectivity index (χ3v) is 3.64. The van der Waals surface area contributed by atoms with E-state index in [1.165, 1.54) is 0 Å². The Morgan fingerprint density at radius 3 is 2.95 bits per heavy atom. The van der Waals surface area contributed by atoms with Crippen molar-refractivity contribution >= 4 is 27.4 Å². The van der Waals surface area contributed by atoms with Gasteiger partial charge in [0.25, 0.3) is 0 Å². The van der Waals surface area contributed by atoms with Crippen LogP contribution in [0, 0.1) is 0 Å². The average molecular weight is 281 g/mol. The van der Waals surface area contributed by atoms with Crippen molar-refractivity contribution in [1.82, 2.24) is 14.9 Å². The summed E-state index contributed by atoms with van der Waals surface area (Å²) in [5.74, 6) is 6.88. The third kappa shape index (κ3) is 3.38. The molecule has 7 heteroatoms. The molecule has 2 aromatic heterocycles. The number of nitrogen functional groups attached to an aromatic ring is 1. The fraction of sp³-hybridized carbons (Fsp3) is 0.500. The van der Waals surface area contributed by atoms with E-state index in [-0.39, 0.29) is 6.61 Å². The number of anilines is 1. The standard InChI is InChI=1S/C12H19N5OS/c1-2-4-17(5-6-18)8-10-14-11(16-13)9-3-7-19-12(9)15-10/h3,7,18H,2,4-6,8,13H2,1H3,(H,14,15,16). The minimum atomic E-state index is 0.142. The Hall–Kier alpha value is -1.28. The van der Waals surface area contributed by atoms with E-state index in [0.717, 1.165) is 29.0 Å². The first-order valence-corrected chi connectivity index (χ1v) is 7.20. The molecule has 19 heavy (non-hydrogen) atoms. The summed E-state index contributed by atoms with van der Waals surface area (Å²) in [6, 6.07) is 1.95. The molecule has 0 unspecified atom stereocenters. The Bertz CT molecular complexity index is 524.